The zero-order valence-electron chi connectivity index (χ0n) is 17.9. The van der Waals surface area contributed by atoms with E-state index < -0.39 is 5.60 Å². The molecular weight excluding hydrogens is 346 g/mol. The summed E-state index contributed by atoms with van der Waals surface area (Å²) in [6.07, 6.45) is 1.75. The fourth-order valence-electron chi connectivity index (χ4n) is 2.37. The lowest BCUT2D eigenvalue weighted by molar-refractivity contribution is -0.121. The van der Waals surface area contributed by atoms with Crippen LogP contribution in [-0.2, 0) is 9.53 Å². The minimum Gasteiger partial charge on any atom is -0.444 e. The summed E-state index contributed by atoms with van der Waals surface area (Å²) in [5.74, 6) is 0.426. The molecule has 2 amide bonds. The van der Waals surface area contributed by atoms with Crippen molar-refractivity contribution in [2.75, 3.05) is 26.2 Å². The van der Waals surface area contributed by atoms with E-state index in [0.717, 1.165) is 12.8 Å². The lowest BCUT2D eigenvalue weighted by atomic mass is 10.1. The fourth-order valence-corrected chi connectivity index (χ4v) is 2.37. The van der Waals surface area contributed by atoms with Crippen LogP contribution in [0.15, 0.2) is 4.99 Å². The Hall–Kier alpha value is -1.99. The van der Waals surface area contributed by atoms with Gasteiger partial charge in [-0.25, -0.2) is 9.79 Å². The van der Waals surface area contributed by atoms with Crippen LogP contribution in [0.25, 0.3) is 0 Å². The second-order valence-electron chi connectivity index (χ2n) is 8.83. The van der Waals surface area contributed by atoms with Crippen molar-refractivity contribution in [2.45, 2.75) is 78.5 Å². The van der Waals surface area contributed by atoms with Gasteiger partial charge < -0.3 is 25.6 Å². The third kappa shape index (κ3) is 10.7. The van der Waals surface area contributed by atoms with Crippen LogP contribution in [0, 0.1) is 0 Å². The third-order valence-electron chi connectivity index (χ3n) is 3.50. The fraction of sp³-hybridized carbons (Fsp3) is 0.842. The first-order valence-electron chi connectivity index (χ1n) is 9.74. The van der Waals surface area contributed by atoms with E-state index in [2.05, 4.69) is 20.9 Å². The smallest absolute Gasteiger partial charge is 0.410 e. The minimum absolute atomic E-state index is 0.0466. The molecule has 1 aliphatic rings. The summed E-state index contributed by atoms with van der Waals surface area (Å²) in [5, 5.41) is 9.17. The van der Waals surface area contributed by atoms with Gasteiger partial charge in [0.05, 0.1) is 0 Å². The molecule has 0 aliphatic heterocycles. The molecule has 0 unspecified atom stereocenters. The van der Waals surface area contributed by atoms with Gasteiger partial charge in [-0.15, -0.1) is 0 Å². The molecule has 0 aromatic heterocycles. The average molecular weight is 384 g/mol. The maximum Gasteiger partial charge on any atom is 0.410 e. The summed E-state index contributed by atoms with van der Waals surface area (Å²) in [6, 6.07) is 0.263. The van der Waals surface area contributed by atoms with Crippen LogP contribution >= 0.6 is 0 Å². The molecule has 0 radical (unpaired) electrons. The van der Waals surface area contributed by atoms with Gasteiger partial charge in [0.15, 0.2) is 5.96 Å². The molecule has 156 valence electrons. The Bertz CT molecular complexity index is 530. The molecule has 0 aromatic rings. The number of hydrogen-bond donors (Lipinski definition) is 3. The highest BCUT2D eigenvalue weighted by atomic mass is 16.6. The van der Waals surface area contributed by atoms with Crippen molar-refractivity contribution in [2.24, 2.45) is 4.99 Å². The molecule has 8 heteroatoms. The normalized spacial score (nSPS) is 15.1. The molecule has 0 bridgehead atoms. The second kappa shape index (κ2) is 9.80. The standard InChI is InChI=1S/C19H37N5O3/c1-8-20-16(22-13-15(25)23-18(2,3)4)21-11-12-24(14-9-10-14)17(26)27-19(5,6)7/h14H,8-13H2,1-7H3,(H,23,25)(H2,20,21,22). The van der Waals surface area contributed by atoms with Crippen LogP contribution in [0.4, 0.5) is 4.79 Å². The molecule has 1 fully saturated rings. The number of aliphatic imine (C=N–C) groups is 1. The number of guanidine groups is 1. The molecular formula is C19H37N5O3. The molecule has 27 heavy (non-hydrogen) atoms. The van der Waals surface area contributed by atoms with Gasteiger partial charge in [0.2, 0.25) is 5.91 Å². The average Bonchev–Trinajstić information content (AvgIpc) is 3.29. The first-order chi connectivity index (χ1) is 12.4. The van der Waals surface area contributed by atoms with E-state index in [9.17, 15) is 9.59 Å². The van der Waals surface area contributed by atoms with Crippen LogP contribution in [0.5, 0.6) is 0 Å². The van der Waals surface area contributed by atoms with Crippen LogP contribution in [-0.4, -0.2) is 66.2 Å². The second-order valence-corrected chi connectivity index (χ2v) is 8.83. The molecule has 0 heterocycles. The minimum atomic E-state index is -0.506. The third-order valence-corrected chi connectivity index (χ3v) is 3.50. The Kier molecular flexibility index (Phi) is 8.37. The van der Waals surface area contributed by atoms with E-state index in [1.54, 1.807) is 4.90 Å². The number of hydrogen-bond acceptors (Lipinski definition) is 4. The van der Waals surface area contributed by atoms with Gasteiger partial charge in [0.25, 0.3) is 0 Å². The van der Waals surface area contributed by atoms with Crippen molar-refractivity contribution >= 4 is 18.0 Å². The van der Waals surface area contributed by atoms with E-state index in [0.29, 0.717) is 25.6 Å². The molecule has 3 N–H and O–H groups in total. The predicted molar refractivity (Wildman–Crippen MR) is 108 cm³/mol. The highest BCUT2D eigenvalue weighted by Gasteiger charge is 2.34. The van der Waals surface area contributed by atoms with Crippen LogP contribution < -0.4 is 16.0 Å². The summed E-state index contributed by atoms with van der Waals surface area (Å²) in [7, 11) is 0. The van der Waals surface area contributed by atoms with Crippen molar-refractivity contribution in [1.82, 2.24) is 20.9 Å². The first-order valence-corrected chi connectivity index (χ1v) is 9.74. The zero-order chi connectivity index (χ0) is 20.7. The van der Waals surface area contributed by atoms with Crippen molar-refractivity contribution in [1.29, 1.82) is 0 Å². The van der Waals surface area contributed by atoms with Gasteiger partial charge in [-0.1, -0.05) is 0 Å². The SMILES string of the molecule is CCNC(=NCC(=O)NC(C)(C)C)NCCN(C(=O)OC(C)(C)C)C1CC1. The maximum absolute atomic E-state index is 12.4. The van der Waals surface area contributed by atoms with Gasteiger partial charge in [-0.2, -0.15) is 0 Å². The molecule has 0 atom stereocenters. The van der Waals surface area contributed by atoms with Crippen LogP contribution in [0.1, 0.15) is 61.3 Å². The van der Waals surface area contributed by atoms with Gasteiger partial charge in [0, 0.05) is 31.2 Å². The largest absolute Gasteiger partial charge is 0.444 e. The molecule has 0 aromatic carbocycles. The zero-order valence-corrected chi connectivity index (χ0v) is 17.9. The Morgan fingerprint density at radius 2 is 1.74 bits per heavy atom. The molecule has 0 saturated heterocycles. The van der Waals surface area contributed by atoms with E-state index >= 15 is 0 Å². The number of nitrogens with zero attached hydrogens (tertiary/aromatic N) is 2. The summed E-state index contributed by atoms with van der Waals surface area (Å²) >= 11 is 0. The predicted octanol–water partition coefficient (Wildman–Crippen LogP) is 1.86. The number of nitrogens with one attached hydrogen (secondary N) is 3. The van der Waals surface area contributed by atoms with E-state index in [1.165, 1.54) is 0 Å². The number of amides is 2. The topological polar surface area (TPSA) is 95.1 Å². The van der Waals surface area contributed by atoms with Crippen LogP contribution in [0.3, 0.4) is 0 Å². The number of rotatable bonds is 7. The monoisotopic (exact) mass is 383 g/mol. The van der Waals surface area contributed by atoms with Crippen molar-refractivity contribution in [3.63, 3.8) is 0 Å². The van der Waals surface area contributed by atoms with Gasteiger partial charge in [-0.05, 0) is 61.3 Å². The quantitative estimate of drug-likeness (QED) is 0.461. The number of ether oxygens (including phenoxy) is 1. The van der Waals surface area contributed by atoms with Crippen molar-refractivity contribution in [3.05, 3.63) is 0 Å². The molecule has 1 saturated carbocycles. The van der Waals surface area contributed by atoms with Crippen molar-refractivity contribution < 1.29 is 14.3 Å². The highest BCUT2D eigenvalue weighted by molar-refractivity contribution is 5.85. The molecule has 0 spiro atoms. The lowest BCUT2D eigenvalue weighted by Gasteiger charge is -2.27. The maximum atomic E-state index is 12.4. The molecule has 1 rings (SSSR count). The Morgan fingerprint density at radius 1 is 1.11 bits per heavy atom. The van der Waals surface area contributed by atoms with E-state index in [-0.39, 0.29) is 30.1 Å². The molecule has 1 aliphatic carbocycles. The Labute approximate surface area is 163 Å². The van der Waals surface area contributed by atoms with Crippen molar-refractivity contribution in [3.8, 4) is 0 Å². The van der Waals surface area contributed by atoms with Gasteiger partial charge in [-0.3, -0.25) is 4.79 Å². The Morgan fingerprint density at radius 3 is 2.22 bits per heavy atom. The lowest BCUT2D eigenvalue weighted by Crippen LogP contribution is -2.46. The van der Waals surface area contributed by atoms with Gasteiger partial charge in [0.1, 0.15) is 12.1 Å². The van der Waals surface area contributed by atoms with E-state index in [4.69, 9.17) is 4.74 Å². The summed E-state index contributed by atoms with van der Waals surface area (Å²) < 4.78 is 5.49. The summed E-state index contributed by atoms with van der Waals surface area (Å²) in [4.78, 5) is 30.4. The number of carbonyl (C=O) groups is 2. The highest BCUT2D eigenvalue weighted by Crippen LogP contribution is 2.27. The summed E-state index contributed by atoms with van der Waals surface area (Å²) in [5.41, 5.74) is -0.787. The number of carbonyl (C=O) groups excluding carboxylic acids is 2. The first kappa shape index (κ1) is 23.0. The summed E-state index contributed by atoms with van der Waals surface area (Å²) in [6.45, 7) is 15.1. The van der Waals surface area contributed by atoms with Crippen LogP contribution in [0.2, 0.25) is 0 Å². The van der Waals surface area contributed by atoms with E-state index in [1.807, 2.05) is 48.5 Å². The Balaban J connectivity index is 2.53. The molecule has 8 nitrogen and oxygen atoms in total. The van der Waals surface area contributed by atoms with Gasteiger partial charge >= 0.3 is 6.09 Å².